The minimum atomic E-state index is -4.00. The molecule has 112 valence electrons. The lowest BCUT2D eigenvalue weighted by atomic mass is 10.1. The topological polar surface area (TPSA) is 127 Å². The molecule has 2 rings (SSSR count). The van der Waals surface area contributed by atoms with E-state index < -0.39 is 15.9 Å². The summed E-state index contributed by atoms with van der Waals surface area (Å²) in [4.78, 5) is 11.9. The summed E-state index contributed by atoms with van der Waals surface area (Å²) in [7, 11) is -4.00. The molecule has 0 atom stereocenters. The number of aromatic amines is 1. The number of rotatable bonds is 4. The van der Waals surface area contributed by atoms with Gasteiger partial charge in [0.25, 0.3) is 5.91 Å². The second-order valence-corrected chi connectivity index (χ2v) is 6.14. The highest BCUT2D eigenvalue weighted by atomic mass is 32.2. The van der Waals surface area contributed by atoms with Gasteiger partial charge in [0.05, 0.1) is 5.69 Å². The first kappa shape index (κ1) is 14.9. The number of hydrogen-bond donors (Lipinski definition) is 3. The van der Waals surface area contributed by atoms with Crippen LogP contribution in [0, 0.1) is 0 Å². The summed E-state index contributed by atoms with van der Waals surface area (Å²) in [6, 6.07) is -0.0358. The molecule has 2 heterocycles. The summed E-state index contributed by atoms with van der Waals surface area (Å²) >= 11 is 0. The van der Waals surface area contributed by atoms with Crippen molar-refractivity contribution in [3.63, 3.8) is 0 Å². The zero-order chi connectivity index (χ0) is 14.8. The third-order valence-corrected chi connectivity index (χ3v) is 4.21. The third-order valence-electron chi connectivity index (χ3n) is 3.20. The maximum absolute atomic E-state index is 12.2. The maximum Gasteiger partial charge on any atom is 0.273 e. The molecule has 8 nitrogen and oxygen atoms in total. The molecular weight excluding hydrogens is 284 g/mol. The van der Waals surface area contributed by atoms with E-state index in [4.69, 9.17) is 9.88 Å². The van der Waals surface area contributed by atoms with E-state index in [1.165, 1.54) is 0 Å². The van der Waals surface area contributed by atoms with Crippen molar-refractivity contribution < 1.29 is 17.9 Å². The van der Waals surface area contributed by atoms with Crippen LogP contribution < -0.4 is 10.5 Å². The molecule has 9 heteroatoms. The Bertz CT molecular complexity index is 590. The van der Waals surface area contributed by atoms with E-state index in [2.05, 4.69) is 15.5 Å². The van der Waals surface area contributed by atoms with Crippen LogP contribution in [-0.4, -0.2) is 43.8 Å². The average Bonchev–Trinajstić information content (AvgIpc) is 2.83. The van der Waals surface area contributed by atoms with E-state index in [-0.39, 0.29) is 16.6 Å². The number of aromatic nitrogens is 2. The third kappa shape index (κ3) is 3.17. The van der Waals surface area contributed by atoms with Crippen LogP contribution in [0.5, 0.6) is 0 Å². The van der Waals surface area contributed by atoms with Crippen molar-refractivity contribution in [1.29, 1.82) is 0 Å². The zero-order valence-electron chi connectivity index (χ0n) is 11.2. The molecule has 1 aliphatic heterocycles. The van der Waals surface area contributed by atoms with Crippen molar-refractivity contribution in [2.24, 2.45) is 5.14 Å². The molecule has 1 saturated heterocycles. The molecule has 0 aliphatic carbocycles. The summed E-state index contributed by atoms with van der Waals surface area (Å²) < 4.78 is 28.4. The molecule has 20 heavy (non-hydrogen) atoms. The number of nitrogens with two attached hydrogens (primary N) is 1. The number of nitrogens with one attached hydrogen (secondary N) is 2. The monoisotopic (exact) mass is 302 g/mol. The van der Waals surface area contributed by atoms with Crippen molar-refractivity contribution in [2.45, 2.75) is 37.1 Å². The van der Waals surface area contributed by atoms with Gasteiger partial charge in [0.15, 0.2) is 5.69 Å². The molecule has 0 radical (unpaired) electrons. The summed E-state index contributed by atoms with van der Waals surface area (Å²) in [5.74, 6) is -0.531. The Morgan fingerprint density at radius 1 is 1.50 bits per heavy atom. The van der Waals surface area contributed by atoms with Crippen LogP contribution in [0.4, 0.5) is 0 Å². The van der Waals surface area contributed by atoms with Gasteiger partial charge in [0.1, 0.15) is 4.90 Å². The molecule has 4 N–H and O–H groups in total. The smallest absolute Gasteiger partial charge is 0.273 e. The van der Waals surface area contributed by atoms with E-state index in [0.29, 0.717) is 38.2 Å². The summed E-state index contributed by atoms with van der Waals surface area (Å²) in [6.07, 6.45) is 1.78. The summed E-state index contributed by atoms with van der Waals surface area (Å²) in [6.45, 7) is 2.91. The number of sulfonamides is 1. The van der Waals surface area contributed by atoms with Gasteiger partial charge in [-0.2, -0.15) is 5.10 Å². The van der Waals surface area contributed by atoms with Crippen molar-refractivity contribution in [2.75, 3.05) is 13.2 Å². The number of nitrogens with zero attached hydrogens (tertiary/aromatic N) is 1. The Labute approximate surface area is 117 Å². The summed E-state index contributed by atoms with van der Waals surface area (Å²) in [5.41, 5.74) is 0.167. The Balaban J connectivity index is 2.23. The van der Waals surface area contributed by atoms with Crippen molar-refractivity contribution in [3.8, 4) is 0 Å². The highest BCUT2D eigenvalue weighted by molar-refractivity contribution is 7.89. The van der Waals surface area contributed by atoms with Crippen LogP contribution in [0.25, 0.3) is 0 Å². The number of carbonyl (C=O) groups is 1. The van der Waals surface area contributed by atoms with Gasteiger partial charge in [-0.3, -0.25) is 9.89 Å². The Kier molecular flexibility index (Phi) is 4.41. The first-order valence-corrected chi connectivity index (χ1v) is 7.96. The lowest BCUT2D eigenvalue weighted by molar-refractivity contribution is 0.0692. The fourth-order valence-corrected chi connectivity index (χ4v) is 3.10. The van der Waals surface area contributed by atoms with Gasteiger partial charge < -0.3 is 10.1 Å². The fourth-order valence-electron chi connectivity index (χ4n) is 2.16. The minimum Gasteiger partial charge on any atom is -0.381 e. The lowest BCUT2D eigenvalue weighted by Crippen LogP contribution is -2.39. The molecule has 0 unspecified atom stereocenters. The van der Waals surface area contributed by atoms with Gasteiger partial charge in [0, 0.05) is 19.3 Å². The normalized spacial score (nSPS) is 17.1. The molecule has 0 saturated carbocycles. The number of amides is 1. The van der Waals surface area contributed by atoms with Crippen LogP contribution in [0.2, 0.25) is 0 Å². The van der Waals surface area contributed by atoms with Crippen molar-refractivity contribution in [1.82, 2.24) is 15.5 Å². The Hall–Kier alpha value is -1.45. The van der Waals surface area contributed by atoms with E-state index in [9.17, 15) is 13.2 Å². The van der Waals surface area contributed by atoms with Crippen molar-refractivity contribution >= 4 is 15.9 Å². The lowest BCUT2D eigenvalue weighted by Gasteiger charge is -2.22. The second kappa shape index (κ2) is 5.90. The number of aryl methyl sites for hydroxylation is 1. The van der Waals surface area contributed by atoms with Gasteiger partial charge in [-0.05, 0) is 19.3 Å². The second-order valence-electron chi connectivity index (χ2n) is 4.64. The van der Waals surface area contributed by atoms with Gasteiger partial charge in [0.2, 0.25) is 10.0 Å². The largest absolute Gasteiger partial charge is 0.381 e. The number of primary sulfonamides is 1. The van der Waals surface area contributed by atoms with Gasteiger partial charge in [-0.15, -0.1) is 0 Å². The van der Waals surface area contributed by atoms with Gasteiger partial charge in [-0.25, -0.2) is 13.6 Å². The quantitative estimate of drug-likeness (QED) is 0.692. The molecule has 1 amide bonds. The Morgan fingerprint density at radius 2 is 2.15 bits per heavy atom. The van der Waals surface area contributed by atoms with E-state index in [0.717, 1.165) is 0 Å². The molecule has 1 aromatic rings. The molecular formula is C11H18N4O4S. The predicted octanol–water partition coefficient (Wildman–Crippen LogP) is -0.472. The first-order chi connectivity index (χ1) is 9.43. The average molecular weight is 302 g/mol. The minimum absolute atomic E-state index is 0.0358. The number of hydrogen-bond acceptors (Lipinski definition) is 5. The molecule has 1 aliphatic rings. The molecule has 0 aromatic carbocycles. The number of ether oxygens (including phenoxy) is 1. The van der Waals surface area contributed by atoms with Crippen LogP contribution >= 0.6 is 0 Å². The Morgan fingerprint density at radius 3 is 2.70 bits per heavy atom. The number of H-pyrrole nitrogens is 1. The highest BCUT2D eigenvalue weighted by Gasteiger charge is 2.28. The molecule has 0 bridgehead atoms. The van der Waals surface area contributed by atoms with Crippen LogP contribution in [0.15, 0.2) is 4.90 Å². The fraction of sp³-hybridized carbons (Fsp3) is 0.636. The molecule has 0 spiro atoms. The van der Waals surface area contributed by atoms with Crippen molar-refractivity contribution in [3.05, 3.63) is 11.4 Å². The van der Waals surface area contributed by atoms with E-state index in [1.54, 1.807) is 6.92 Å². The zero-order valence-corrected chi connectivity index (χ0v) is 12.0. The van der Waals surface area contributed by atoms with E-state index in [1.807, 2.05) is 0 Å². The molecule has 1 aromatic heterocycles. The van der Waals surface area contributed by atoms with Gasteiger partial charge in [-0.1, -0.05) is 6.92 Å². The standard InChI is InChI=1S/C11H18N4O4S/c1-2-8-10(20(12,17)18)9(15-14-8)11(16)13-7-3-5-19-6-4-7/h7H,2-6H2,1H3,(H,13,16)(H,14,15)(H2,12,17,18). The van der Waals surface area contributed by atoms with Gasteiger partial charge >= 0.3 is 0 Å². The van der Waals surface area contributed by atoms with Crippen LogP contribution in [-0.2, 0) is 21.2 Å². The summed E-state index contributed by atoms with van der Waals surface area (Å²) in [5, 5.41) is 14.3. The van der Waals surface area contributed by atoms with E-state index >= 15 is 0 Å². The number of carbonyl (C=O) groups excluding carboxylic acids is 1. The first-order valence-electron chi connectivity index (χ1n) is 6.42. The maximum atomic E-state index is 12.2. The predicted molar refractivity (Wildman–Crippen MR) is 70.6 cm³/mol. The van der Waals surface area contributed by atoms with Crippen LogP contribution in [0.1, 0.15) is 35.9 Å². The highest BCUT2D eigenvalue weighted by Crippen LogP contribution is 2.18. The SMILES string of the molecule is CCc1[nH]nc(C(=O)NC2CCOCC2)c1S(N)(=O)=O. The molecule has 1 fully saturated rings. The van der Waals surface area contributed by atoms with Crippen LogP contribution in [0.3, 0.4) is 0 Å².